The van der Waals surface area contributed by atoms with Crippen molar-refractivity contribution in [1.82, 2.24) is 14.7 Å². The second kappa shape index (κ2) is 6.32. The zero-order valence-corrected chi connectivity index (χ0v) is 12.0. The minimum Gasteiger partial charge on any atom is -0.368 e. The second-order valence-corrected chi connectivity index (χ2v) is 6.03. The number of amides is 1. The van der Waals surface area contributed by atoms with Crippen molar-refractivity contribution in [2.75, 3.05) is 12.3 Å². The summed E-state index contributed by atoms with van der Waals surface area (Å²) in [5.41, 5.74) is 4.77. The van der Waals surface area contributed by atoms with Gasteiger partial charge in [-0.15, -0.1) is 0 Å². The van der Waals surface area contributed by atoms with Crippen LogP contribution >= 0.6 is 23.3 Å². The number of carbonyl (C=O) groups is 1. The minimum atomic E-state index is -0.637. The van der Waals surface area contributed by atoms with Crippen molar-refractivity contribution in [3.05, 3.63) is 5.82 Å². The molecule has 96 valence electrons. The zero-order chi connectivity index (χ0) is 12.9. The number of thioether (sulfide) groups is 1. The Morgan fingerprint density at radius 1 is 1.65 bits per heavy atom. The Morgan fingerprint density at radius 3 is 2.82 bits per heavy atom. The van der Waals surface area contributed by atoms with Crippen LogP contribution < -0.4 is 11.1 Å². The van der Waals surface area contributed by atoms with Gasteiger partial charge in [-0.3, -0.25) is 4.79 Å². The van der Waals surface area contributed by atoms with E-state index in [-0.39, 0.29) is 5.91 Å². The van der Waals surface area contributed by atoms with E-state index in [1.165, 1.54) is 11.5 Å². The third-order valence-electron chi connectivity index (χ3n) is 2.45. The van der Waals surface area contributed by atoms with Crippen LogP contribution in [-0.4, -0.2) is 33.1 Å². The van der Waals surface area contributed by atoms with Crippen molar-refractivity contribution in [2.45, 2.75) is 37.1 Å². The highest BCUT2D eigenvalue weighted by Gasteiger charge is 2.29. The van der Waals surface area contributed by atoms with E-state index in [2.05, 4.69) is 14.7 Å². The number of carbonyl (C=O) groups excluding carboxylic acids is 1. The summed E-state index contributed by atoms with van der Waals surface area (Å²) >= 11 is 3.00. The lowest BCUT2D eigenvalue weighted by molar-refractivity contribution is -0.123. The van der Waals surface area contributed by atoms with Gasteiger partial charge in [-0.2, -0.15) is 4.37 Å². The summed E-state index contributed by atoms with van der Waals surface area (Å²) in [6, 6.07) is 0. The Balaban J connectivity index is 2.45. The summed E-state index contributed by atoms with van der Waals surface area (Å²) in [5, 5.41) is 3.13. The molecule has 7 heteroatoms. The summed E-state index contributed by atoms with van der Waals surface area (Å²) in [6.45, 7) is 6.39. The van der Waals surface area contributed by atoms with Gasteiger partial charge in [0.25, 0.3) is 0 Å². The highest BCUT2D eigenvalue weighted by molar-refractivity contribution is 8.00. The van der Waals surface area contributed by atoms with Crippen LogP contribution in [0, 0.1) is 6.92 Å². The number of rotatable bonds is 7. The second-order valence-electron chi connectivity index (χ2n) is 3.93. The van der Waals surface area contributed by atoms with Crippen molar-refractivity contribution in [2.24, 2.45) is 5.73 Å². The van der Waals surface area contributed by atoms with Crippen molar-refractivity contribution in [3.8, 4) is 0 Å². The van der Waals surface area contributed by atoms with Crippen LogP contribution in [-0.2, 0) is 4.79 Å². The third-order valence-corrected chi connectivity index (χ3v) is 4.37. The van der Waals surface area contributed by atoms with Crippen LogP contribution in [0.4, 0.5) is 0 Å². The SMILES string of the molecule is CCNC(C)(CCSc1nc(C)ns1)C(N)=O. The zero-order valence-electron chi connectivity index (χ0n) is 10.3. The topological polar surface area (TPSA) is 80.9 Å². The van der Waals surface area contributed by atoms with Crippen LogP contribution in [0.5, 0.6) is 0 Å². The molecule has 0 spiro atoms. The Labute approximate surface area is 110 Å². The Bertz CT molecular complexity index is 382. The van der Waals surface area contributed by atoms with Crippen LogP contribution in [0.15, 0.2) is 4.34 Å². The fourth-order valence-electron chi connectivity index (χ4n) is 1.37. The number of nitrogens with two attached hydrogens (primary N) is 1. The smallest absolute Gasteiger partial charge is 0.237 e. The first-order valence-electron chi connectivity index (χ1n) is 5.46. The molecule has 0 aliphatic rings. The van der Waals surface area contributed by atoms with E-state index >= 15 is 0 Å². The average molecular weight is 274 g/mol. The molecule has 0 aliphatic carbocycles. The molecular weight excluding hydrogens is 256 g/mol. The van der Waals surface area contributed by atoms with E-state index in [0.717, 1.165) is 22.5 Å². The number of nitrogens with zero attached hydrogens (tertiary/aromatic N) is 2. The molecule has 0 saturated carbocycles. The van der Waals surface area contributed by atoms with Gasteiger partial charge >= 0.3 is 0 Å². The van der Waals surface area contributed by atoms with E-state index in [1.807, 2.05) is 20.8 Å². The largest absolute Gasteiger partial charge is 0.368 e. The summed E-state index contributed by atoms with van der Waals surface area (Å²) in [7, 11) is 0. The lowest BCUT2D eigenvalue weighted by atomic mass is 9.98. The Morgan fingerprint density at radius 2 is 2.35 bits per heavy atom. The van der Waals surface area contributed by atoms with Crippen molar-refractivity contribution < 1.29 is 4.79 Å². The summed E-state index contributed by atoms with van der Waals surface area (Å²) in [4.78, 5) is 15.6. The van der Waals surface area contributed by atoms with Gasteiger partial charge in [-0.1, -0.05) is 18.7 Å². The number of aryl methyl sites for hydroxylation is 1. The van der Waals surface area contributed by atoms with Gasteiger partial charge < -0.3 is 11.1 Å². The maximum Gasteiger partial charge on any atom is 0.237 e. The molecule has 0 radical (unpaired) electrons. The van der Waals surface area contributed by atoms with Gasteiger partial charge in [0.15, 0.2) is 4.34 Å². The molecule has 1 aromatic heterocycles. The van der Waals surface area contributed by atoms with Crippen LogP contribution in [0.1, 0.15) is 26.1 Å². The van der Waals surface area contributed by atoms with Crippen LogP contribution in [0.2, 0.25) is 0 Å². The fourth-order valence-corrected chi connectivity index (χ4v) is 3.25. The summed E-state index contributed by atoms with van der Waals surface area (Å²) in [6.07, 6.45) is 0.680. The molecule has 1 unspecified atom stereocenters. The molecule has 1 atom stereocenters. The molecule has 0 saturated heterocycles. The Hall–Kier alpha value is -0.660. The van der Waals surface area contributed by atoms with Crippen LogP contribution in [0.25, 0.3) is 0 Å². The summed E-state index contributed by atoms with van der Waals surface area (Å²) < 4.78 is 5.04. The molecule has 0 aromatic carbocycles. The third kappa shape index (κ3) is 4.25. The molecule has 3 N–H and O–H groups in total. The quantitative estimate of drug-likeness (QED) is 0.730. The van der Waals surface area contributed by atoms with E-state index in [4.69, 9.17) is 5.73 Å². The number of likely N-dealkylation sites (N-methyl/N-ethyl adjacent to an activating group) is 1. The summed E-state index contributed by atoms with van der Waals surface area (Å²) in [5.74, 6) is 1.27. The van der Waals surface area contributed by atoms with Gasteiger partial charge in [0, 0.05) is 5.75 Å². The predicted octanol–water partition coefficient (Wildman–Crippen LogP) is 1.18. The van der Waals surface area contributed by atoms with E-state index in [9.17, 15) is 4.79 Å². The first-order chi connectivity index (χ1) is 7.98. The number of hydrogen-bond donors (Lipinski definition) is 2. The molecule has 5 nitrogen and oxygen atoms in total. The average Bonchev–Trinajstić information content (AvgIpc) is 2.64. The van der Waals surface area contributed by atoms with Gasteiger partial charge in [-0.05, 0) is 38.3 Å². The maximum absolute atomic E-state index is 11.4. The molecular formula is C10H18N4OS2. The predicted molar refractivity (Wildman–Crippen MR) is 71.3 cm³/mol. The van der Waals surface area contributed by atoms with Crippen molar-refractivity contribution in [1.29, 1.82) is 0 Å². The highest BCUT2D eigenvalue weighted by Crippen LogP contribution is 2.23. The fraction of sp³-hybridized carbons (Fsp3) is 0.700. The lowest BCUT2D eigenvalue weighted by Crippen LogP contribution is -2.53. The number of nitrogens with one attached hydrogen (secondary N) is 1. The van der Waals surface area contributed by atoms with Gasteiger partial charge in [-0.25, -0.2) is 4.98 Å². The van der Waals surface area contributed by atoms with E-state index < -0.39 is 5.54 Å². The molecule has 1 amide bonds. The molecule has 0 aliphatic heterocycles. The first-order valence-corrected chi connectivity index (χ1v) is 7.22. The monoisotopic (exact) mass is 274 g/mol. The van der Waals surface area contributed by atoms with Crippen molar-refractivity contribution >= 4 is 29.2 Å². The lowest BCUT2D eigenvalue weighted by Gasteiger charge is -2.26. The molecule has 0 bridgehead atoms. The molecule has 17 heavy (non-hydrogen) atoms. The number of hydrogen-bond acceptors (Lipinski definition) is 6. The Kier molecular flexibility index (Phi) is 5.35. The maximum atomic E-state index is 11.4. The van der Waals surface area contributed by atoms with Gasteiger partial charge in [0.05, 0.1) is 5.54 Å². The van der Waals surface area contributed by atoms with Crippen molar-refractivity contribution in [3.63, 3.8) is 0 Å². The van der Waals surface area contributed by atoms with Gasteiger partial charge in [0.2, 0.25) is 5.91 Å². The molecule has 0 fully saturated rings. The van der Waals surface area contributed by atoms with E-state index in [0.29, 0.717) is 6.42 Å². The highest BCUT2D eigenvalue weighted by atomic mass is 32.2. The van der Waals surface area contributed by atoms with Crippen LogP contribution in [0.3, 0.4) is 0 Å². The number of aromatic nitrogens is 2. The standard InChI is InChI=1S/C10H18N4OS2/c1-4-12-10(3,8(11)15)5-6-16-9-13-7(2)14-17-9/h12H,4-6H2,1-3H3,(H2,11,15). The normalized spacial score (nSPS) is 14.5. The molecule has 1 rings (SSSR count). The number of primary amides is 1. The van der Waals surface area contributed by atoms with Gasteiger partial charge in [0.1, 0.15) is 5.82 Å². The molecule has 1 heterocycles. The molecule has 1 aromatic rings. The van der Waals surface area contributed by atoms with E-state index in [1.54, 1.807) is 11.8 Å². The minimum absolute atomic E-state index is 0.312. The first kappa shape index (κ1) is 14.4.